The summed E-state index contributed by atoms with van der Waals surface area (Å²) in [5.74, 6) is 1.24. The van der Waals surface area contributed by atoms with E-state index in [0.29, 0.717) is 5.92 Å². The Kier molecular flexibility index (Phi) is 7.15. The summed E-state index contributed by atoms with van der Waals surface area (Å²) >= 11 is 1.51. The van der Waals surface area contributed by atoms with Crippen LogP contribution in [-0.4, -0.2) is 23.3 Å². The molecule has 0 bridgehead atoms. The van der Waals surface area contributed by atoms with E-state index >= 15 is 0 Å². The molecule has 0 radical (unpaired) electrons. The molecule has 0 saturated heterocycles. The van der Waals surface area contributed by atoms with Crippen molar-refractivity contribution in [1.82, 2.24) is 4.98 Å². The summed E-state index contributed by atoms with van der Waals surface area (Å²) < 4.78 is 4.98. The van der Waals surface area contributed by atoms with Crippen molar-refractivity contribution in [2.45, 2.75) is 56.2 Å². The molecule has 0 aromatic carbocycles. The summed E-state index contributed by atoms with van der Waals surface area (Å²) in [4.78, 5) is 16.4. The Hall–Kier alpha value is -1.29. The van der Waals surface area contributed by atoms with Crippen molar-refractivity contribution in [1.29, 1.82) is 0 Å². The lowest BCUT2D eigenvalue weighted by molar-refractivity contribution is -0.140. The maximum Gasteiger partial charge on any atom is 0.319 e. The molecule has 23 heavy (non-hydrogen) atoms. The molecule has 3 atom stereocenters. The molecule has 2 rings (SSSR count). The van der Waals surface area contributed by atoms with Gasteiger partial charge in [-0.15, -0.1) is 0 Å². The zero-order valence-electron chi connectivity index (χ0n) is 14.3. The molecule has 1 aromatic rings. The number of ether oxygens (including phenoxy) is 1. The van der Waals surface area contributed by atoms with Crippen LogP contribution in [-0.2, 0) is 9.53 Å². The molecule has 1 aliphatic carbocycles. The molecule has 0 spiro atoms. The molecular formula is C19H27NO2S. The van der Waals surface area contributed by atoms with Crippen LogP contribution >= 0.6 is 11.8 Å². The number of aromatic nitrogens is 1. The number of allylic oxidation sites excluding steroid dienone is 2. The van der Waals surface area contributed by atoms with Gasteiger partial charge in [-0.3, -0.25) is 4.79 Å². The highest BCUT2D eigenvalue weighted by molar-refractivity contribution is 8.00. The second-order valence-electron chi connectivity index (χ2n) is 6.44. The summed E-state index contributed by atoms with van der Waals surface area (Å²) in [5.41, 5.74) is 1.52. The van der Waals surface area contributed by atoms with Crippen molar-refractivity contribution in [3.8, 4) is 0 Å². The standard InChI is InChI=1S/C19H27NO2S/c1-14-7-10-16(11-8-14)15(2)9-12-17(19(21)22-3)23-18-6-4-5-13-20-18/h4-7,13,15-17H,8-12H2,1-3H3. The van der Waals surface area contributed by atoms with Crippen LogP contribution in [0.25, 0.3) is 0 Å². The van der Waals surface area contributed by atoms with Gasteiger partial charge in [0, 0.05) is 6.20 Å². The van der Waals surface area contributed by atoms with Gasteiger partial charge in [0.25, 0.3) is 0 Å². The fourth-order valence-corrected chi connectivity index (χ4v) is 4.09. The first kappa shape index (κ1) is 18.1. The Morgan fingerprint density at radius 1 is 1.43 bits per heavy atom. The number of esters is 1. The van der Waals surface area contributed by atoms with Crippen molar-refractivity contribution in [2.24, 2.45) is 11.8 Å². The third-order valence-electron chi connectivity index (χ3n) is 4.73. The third kappa shape index (κ3) is 5.69. The molecule has 1 heterocycles. The average Bonchev–Trinajstić information content (AvgIpc) is 2.59. The summed E-state index contributed by atoms with van der Waals surface area (Å²) in [7, 11) is 1.46. The lowest BCUT2D eigenvalue weighted by atomic mass is 9.80. The van der Waals surface area contributed by atoms with E-state index in [2.05, 4.69) is 24.9 Å². The SMILES string of the molecule is COC(=O)C(CCC(C)C1CC=C(C)CC1)Sc1ccccn1. The summed E-state index contributed by atoms with van der Waals surface area (Å²) in [6, 6.07) is 5.78. The van der Waals surface area contributed by atoms with Crippen LogP contribution in [0.4, 0.5) is 0 Å². The lowest BCUT2D eigenvalue weighted by Gasteiger charge is -2.27. The number of rotatable bonds is 7. The zero-order chi connectivity index (χ0) is 16.7. The van der Waals surface area contributed by atoms with E-state index in [0.717, 1.165) is 23.8 Å². The molecule has 1 aromatic heterocycles. The fourth-order valence-electron chi connectivity index (χ4n) is 3.07. The Bertz CT molecular complexity index is 529. The average molecular weight is 333 g/mol. The highest BCUT2D eigenvalue weighted by atomic mass is 32.2. The number of methoxy groups -OCH3 is 1. The zero-order valence-corrected chi connectivity index (χ0v) is 15.1. The van der Waals surface area contributed by atoms with Gasteiger partial charge < -0.3 is 4.74 Å². The van der Waals surface area contributed by atoms with Gasteiger partial charge in [-0.2, -0.15) is 0 Å². The van der Waals surface area contributed by atoms with Crippen LogP contribution in [0.3, 0.4) is 0 Å². The van der Waals surface area contributed by atoms with E-state index in [1.54, 1.807) is 6.20 Å². The molecule has 126 valence electrons. The van der Waals surface area contributed by atoms with Crippen LogP contribution in [0.2, 0.25) is 0 Å². The van der Waals surface area contributed by atoms with Gasteiger partial charge in [0.2, 0.25) is 0 Å². The molecule has 4 heteroatoms. The molecule has 3 nitrogen and oxygen atoms in total. The van der Waals surface area contributed by atoms with Gasteiger partial charge in [-0.1, -0.05) is 36.4 Å². The van der Waals surface area contributed by atoms with Crippen LogP contribution in [0, 0.1) is 11.8 Å². The highest BCUT2D eigenvalue weighted by Gasteiger charge is 2.25. The van der Waals surface area contributed by atoms with Crippen molar-refractivity contribution in [2.75, 3.05) is 7.11 Å². The summed E-state index contributed by atoms with van der Waals surface area (Å²) in [6.45, 7) is 4.54. The molecule has 0 amide bonds. The highest BCUT2D eigenvalue weighted by Crippen LogP contribution is 2.34. The number of hydrogen-bond acceptors (Lipinski definition) is 4. The van der Waals surface area contributed by atoms with E-state index in [4.69, 9.17) is 4.74 Å². The predicted octanol–water partition coefficient (Wildman–Crippen LogP) is 4.88. The minimum atomic E-state index is -0.168. The molecule has 0 saturated carbocycles. The van der Waals surface area contributed by atoms with Crippen LogP contribution < -0.4 is 0 Å². The largest absolute Gasteiger partial charge is 0.468 e. The predicted molar refractivity (Wildman–Crippen MR) is 95.4 cm³/mol. The van der Waals surface area contributed by atoms with Gasteiger partial charge in [0.15, 0.2) is 0 Å². The normalized spacial score (nSPS) is 20.5. The van der Waals surface area contributed by atoms with E-state index in [1.165, 1.54) is 43.7 Å². The van der Waals surface area contributed by atoms with Crippen molar-refractivity contribution < 1.29 is 9.53 Å². The fraction of sp³-hybridized carbons (Fsp3) is 0.579. The summed E-state index contributed by atoms with van der Waals surface area (Å²) in [6.07, 6.45) is 9.72. The van der Waals surface area contributed by atoms with Crippen molar-refractivity contribution in [3.63, 3.8) is 0 Å². The number of carbonyl (C=O) groups is 1. The maximum atomic E-state index is 12.1. The van der Waals surface area contributed by atoms with Crippen LogP contribution in [0.15, 0.2) is 41.1 Å². The van der Waals surface area contributed by atoms with E-state index in [-0.39, 0.29) is 11.2 Å². The first-order chi connectivity index (χ1) is 11.1. The molecule has 0 N–H and O–H groups in total. The second-order valence-corrected chi connectivity index (χ2v) is 7.66. The van der Waals surface area contributed by atoms with Gasteiger partial charge in [-0.05, 0) is 63.0 Å². The first-order valence-corrected chi connectivity index (χ1v) is 9.29. The minimum absolute atomic E-state index is 0.146. The van der Waals surface area contributed by atoms with Crippen molar-refractivity contribution in [3.05, 3.63) is 36.0 Å². The first-order valence-electron chi connectivity index (χ1n) is 8.41. The lowest BCUT2D eigenvalue weighted by Crippen LogP contribution is -2.22. The quantitative estimate of drug-likeness (QED) is 0.405. The monoisotopic (exact) mass is 333 g/mol. The molecule has 0 fully saturated rings. The number of nitrogens with zero attached hydrogens (tertiary/aromatic N) is 1. The molecular weight excluding hydrogens is 306 g/mol. The van der Waals surface area contributed by atoms with E-state index < -0.39 is 0 Å². The number of thioether (sulfide) groups is 1. The number of carbonyl (C=O) groups excluding carboxylic acids is 1. The molecule has 0 aliphatic heterocycles. The van der Waals surface area contributed by atoms with Gasteiger partial charge in [0.05, 0.1) is 12.1 Å². The number of pyridine rings is 1. The topological polar surface area (TPSA) is 39.2 Å². The van der Waals surface area contributed by atoms with Gasteiger partial charge in [-0.25, -0.2) is 4.98 Å². The van der Waals surface area contributed by atoms with E-state index in [9.17, 15) is 4.79 Å². The third-order valence-corrected chi connectivity index (χ3v) is 5.93. The Morgan fingerprint density at radius 3 is 2.87 bits per heavy atom. The summed E-state index contributed by atoms with van der Waals surface area (Å²) in [5, 5.41) is 0.713. The van der Waals surface area contributed by atoms with Crippen LogP contribution in [0.5, 0.6) is 0 Å². The van der Waals surface area contributed by atoms with Crippen LogP contribution in [0.1, 0.15) is 46.0 Å². The minimum Gasteiger partial charge on any atom is -0.468 e. The Labute approximate surface area is 143 Å². The molecule has 1 aliphatic rings. The Morgan fingerprint density at radius 2 is 2.26 bits per heavy atom. The van der Waals surface area contributed by atoms with Crippen molar-refractivity contribution >= 4 is 17.7 Å². The maximum absolute atomic E-state index is 12.1. The smallest absolute Gasteiger partial charge is 0.319 e. The Balaban J connectivity index is 1.89. The van der Waals surface area contributed by atoms with E-state index in [1.807, 2.05) is 18.2 Å². The van der Waals surface area contributed by atoms with Gasteiger partial charge in [0.1, 0.15) is 5.25 Å². The number of hydrogen-bond donors (Lipinski definition) is 0. The second kappa shape index (κ2) is 9.11. The van der Waals surface area contributed by atoms with Gasteiger partial charge >= 0.3 is 5.97 Å². The molecule has 3 unspecified atom stereocenters.